The fourth-order valence-electron chi connectivity index (χ4n) is 1.37. The summed E-state index contributed by atoms with van der Waals surface area (Å²) in [6.45, 7) is 16.0. The van der Waals surface area contributed by atoms with Crippen LogP contribution in [0.1, 0.15) is 41.0 Å². The molecule has 0 N–H and O–H groups in total. The average molecular weight is 200 g/mol. The summed E-state index contributed by atoms with van der Waals surface area (Å²) >= 11 is 0. The van der Waals surface area contributed by atoms with E-state index in [0.717, 1.165) is 6.54 Å². The first-order chi connectivity index (χ1) is 6.41. The molecule has 0 aliphatic heterocycles. The van der Waals surface area contributed by atoms with Gasteiger partial charge in [-0.1, -0.05) is 13.8 Å². The van der Waals surface area contributed by atoms with Gasteiger partial charge in [-0.2, -0.15) is 0 Å². The molecule has 0 heterocycles. The van der Waals surface area contributed by atoms with E-state index in [1.807, 2.05) is 0 Å². The zero-order valence-corrected chi connectivity index (χ0v) is 10.9. The Balaban J connectivity index is 3.79. The van der Waals surface area contributed by atoms with Crippen molar-refractivity contribution in [2.45, 2.75) is 46.6 Å². The minimum absolute atomic E-state index is 0.297. The molecule has 0 aromatic carbocycles. The second-order valence-corrected chi connectivity index (χ2v) is 5.03. The van der Waals surface area contributed by atoms with Gasteiger partial charge in [0.15, 0.2) is 0 Å². The summed E-state index contributed by atoms with van der Waals surface area (Å²) in [5.41, 5.74) is 0.297. The van der Waals surface area contributed by atoms with E-state index < -0.39 is 0 Å². The monoisotopic (exact) mass is 200 g/mol. The van der Waals surface area contributed by atoms with Gasteiger partial charge >= 0.3 is 0 Å². The van der Waals surface area contributed by atoms with Crippen molar-refractivity contribution in [1.29, 1.82) is 0 Å². The summed E-state index contributed by atoms with van der Waals surface area (Å²) in [6, 6.07) is 0. The Morgan fingerprint density at radius 1 is 0.929 bits per heavy atom. The Hall–Kier alpha value is -0.0800. The van der Waals surface area contributed by atoms with E-state index in [1.54, 1.807) is 0 Å². The van der Waals surface area contributed by atoms with E-state index in [2.05, 4.69) is 51.5 Å². The maximum Gasteiger partial charge on any atom is 0.0122 e. The zero-order chi connectivity index (χ0) is 11.2. The van der Waals surface area contributed by atoms with Crippen LogP contribution in [0, 0.1) is 0 Å². The van der Waals surface area contributed by atoms with Crippen molar-refractivity contribution < 1.29 is 0 Å². The van der Waals surface area contributed by atoms with Crippen molar-refractivity contribution >= 4 is 0 Å². The second-order valence-electron chi connectivity index (χ2n) is 5.03. The predicted octanol–water partition coefficient (Wildman–Crippen LogP) is 2.45. The molecule has 0 saturated heterocycles. The van der Waals surface area contributed by atoms with Crippen LogP contribution in [0.15, 0.2) is 0 Å². The van der Waals surface area contributed by atoms with Crippen molar-refractivity contribution in [2.24, 2.45) is 0 Å². The van der Waals surface area contributed by atoms with Crippen LogP contribution in [0.4, 0.5) is 0 Å². The highest BCUT2D eigenvalue weighted by molar-refractivity contribution is 4.73. The minimum atomic E-state index is 0.297. The third kappa shape index (κ3) is 5.61. The van der Waals surface area contributed by atoms with E-state index in [-0.39, 0.29) is 0 Å². The number of rotatable bonds is 6. The van der Waals surface area contributed by atoms with Crippen molar-refractivity contribution in [3.05, 3.63) is 0 Å². The van der Waals surface area contributed by atoms with Gasteiger partial charge in [0.05, 0.1) is 0 Å². The SMILES string of the molecule is CCCN(CC)CCN(C)C(C)(C)C. The van der Waals surface area contributed by atoms with Gasteiger partial charge in [-0.15, -0.1) is 0 Å². The molecule has 0 saturated carbocycles. The lowest BCUT2D eigenvalue weighted by Gasteiger charge is -2.33. The highest BCUT2D eigenvalue weighted by atomic mass is 15.2. The van der Waals surface area contributed by atoms with Gasteiger partial charge in [-0.3, -0.25) is 0 Å². The maximum atomic E-state index is 2.52. The molecule has 0 aliphatic rings. The third-order valence-corrected chi connectivity index (χ3v) is 2.88. The first kappa shape index (κ1) is 13.9. The molecular formula is C12H28N2. The molecule has 0 rings (SSSR count). The van der Waals surface area contributed by atoms with Gasteiger partial charge in [0.25, 0.3) is 0 Å². The van der Waals surface area contributed by atoms with E-state index in [9.17, 15) is 0 Å². The van der Waals surface area contributed by atoms with E-state index in [0.29, 0.717) is 5.54 Å². The van der Waals surface area contributed by atoms with Crippen LogP contribution in [0.2, 0.25) is 0 Å². The minimum Gasteiger partial charge on any atom is -0.302 e. The lowest BCUT2D eigenvalue weighted by atomic mass is 10.1. The van der Waals surface area contributed by atoms with Crippen LogP contribution in [0.25, 0.3) is 0 Å². The smallest absolute Gasteiger partial charge is 0.0122 e. The topological polar surface area (TPSA) is 6.48 Å². The molecule has 2 heteroatoms. The van der Waals surface area contributed by atoms with Crippen LogP contribution in [0.3, 0.4) is 0 Å². The van der Waals surface area contributed by atoms with Crippen molar-refractivity contribution in [3.63, 3.8) is 0 Å². The standard InChI is InChI=1S/C12H28N2/c1-7-9-14(8-2)11-10-13(6)12(3,4)5/h7-11H2,1-6H3. The largest absolute Gasteiger partial charge is 0.302 e. The Bertz CT molecular complexity index is 138. The summed E-state index contributed by atoms with van der Waals surface area (Å²) in [6.07, 6.45) is 1.26. The molecule has 86 valence electrons. The molecule has 2 nitrogen and oxygen atoms in total. The predicted molar refractivity (Wildman–Crippen MR) is 64.8 cm³/mol. The average Bonchev–Trinajstić information content (AvgIpc) is 2.10. The lowest BCUT2D eigenvalue weighted by Crippen LogP contribution is -2.43. The highest BCUT2D eigenvalue weighted by Gasteiger charge is 2.16. The van der Waals surface area contributed by atoms with Crippen molar-refractivity contribution in [1.82, 2.24) is 9.80 Å². The van der Waals surface area contributed by atoms with Crippen molar-refractivity contribution in [3.8, 4) is 0 Å². The zero-order valence-electron chi connectivity index (χ0n) is 10.9. The number of hydrogen-bond donors (Lipinski definition) is 0. The summed E-state index contributed by atoms with van der Waals surface area (Å²) in [7, 11) is 2.21. The Kier molecular flexibility index (Phi) is 6.38. The maximum absolute atomic E-state index is 2.52. The number of likely N-dealkylation sites (N-methyl/N-ethyl adjacent to an activating group) is 2. The van der Waals surface area contributed by atoms with E-state index in [4.69, 9.17) is 0 Å². The molecule has 0 aromatic heterocycles. The molecule has 14 heavy (non-hydrogen) atoms. The fraction of sp³-hybridized carbons (Fsp3) is 1.00. The lowest BCUT2D eigenvalue weighted by molar-refractivity contribution is 0.147. The summed E-state index contributed by atoms with van der Waals surface area (Å²) < 4.78 is 0. The Morgan fingerprint density at radius 2 is 1.50 bits per heavy atom. The van der Waals surface area contributed by atoms with Crippen LogP contribution >= 0.6 is 0 Å². The van der Waals surface area contributed by atoms with E-state index in [1.165, 1.54) is 26.1 Å². The second kappa shape index (κ2) is 6.41. The van der Waals surface area contributed by atoms with Crippen LogP contribution in [-0.2, 0) is 0 Å². The molecule has 0 spiro atoms. The molecular weight excluding hydrogens is 172 g/mol. The summed E-state index contributed by atoms with van der Waals surface area (Å²) in [5, 5.41) is 0. The molecule has 0 bridgehead atoms. The molecule has 0 fully saturated rings. The Labute approximate surface area is 90.3 Å². The van der Waals surface area contributed by atoms with Gasteiger partial charge in [0.2, 0.25) is 0 Å². The van der Waals surface area contributed by atoms with Crippen LogP contribution in [0.5, 0.6) is 0 Å². The van der Waals surface area contributed by atoms with Gasteiger partial charge in [-0.25, -0.2) is 0 Å². The normalized spacial score (nSPS) is 12.9. The van der Waals surface area contributed by atoms with Gasteiger partial charge in [-0.05, 0) is 47.3 Å². The molecule has 0 radical (unpaired) electrons. The fourth-order valence-corrected chi connectivity index (χ4v) is 1.37. The summed E-state index contributed by atoms with van der Waals surface area (Å²) in [4.78, 5) is 4.94. The van der Waals surface area contributed by atoms with Crippen molar-refractivity contribution in [2.75, 3.05) is 33.2 Å². The molecule has 0 aromatic rings. The van der Waals surface area contributed by atoms with Crippen LogP contribution < -0.4 is 0 Å². The molecule has 0 unspecified atom stereocenters. The highest BCUT2D eigenvalue weighted by Crippen LogP contribution is 2.09. The Morgan fingerprint density at radius 3 is 1.86 bits per heavy atom. The van der Waals surface area contributed by atoms with Gasteiger partial charge in [0, 0.05) is 18.6 Å². The van der Waals surface area contributed by atoms with Gasteiger partial charge < -0.3 is 9.80 Å². The third-order valence-electron chi connectivity index (χ3n) is 2.88. The first-order valence-corrected chi connectivity index (χ1v) is 5.85. The van der Waals surface area contributed by atoms with Crippen LogP contribution in [-0.4, -0.2) is 48.6 Å². The van der Waals surface area contributed by atoms with E-state index >= 15 is 0 Å². The molecule has 0 amide bonds. The summed E-state index contributed by atoms with van der Waals surface area (Å²) in [5.74, 6) is 0. The quantitative estimate of drug-likeness (QED) is 0.650. The van der Waals surface area contributed by atoms with Gasteiger partial charge in [0.1, 0.15) is 0 Å². The molecule has 0 aliphatic carbocycles. The number of nitrogens with zero attached hydrogens (tertiary/aromatic N) is 2. The number of hydrogen-bond acceptors (Lipinski definition) is 2. The first-order valence-electron chi connectivity index (χ1n) is 5.85. The molecule has 0 atom stereocenters.